The van der Waals surface area contributed by atoms with Crippen LogP contribution in [0.2, 0.25) is 0 Å². The van der Waals surface area contributed by atoms with Gasteiger partial charge in [0.15, 0.2) is 0 Å². The fraction of sp³-hybridized carbons (Fsp3) is 0.625. The molecule has 0 bridgehead atoms. The first-order valence-electron chi connectivity index (χ1n) is 8.23. The van der Waals surface area contributed by atoms with Gasteiger partial charge in [0.05, 0.1) is 0 Å². The lowest BCUT2D eigenvalue weighted by Gasteiger charge is -2.45. The summed E-state index contributed by atoms with van der Waals surface area (Å²) in [6, 6.07) is 1.39. The number of nitrogens with two attached hydrogens (primary N) is 1. The molecule has 3 N–H and O–H groups in total. The molecule has 2 saturated heterocycles. The average molecular weight is 336 g/mol. The standard InChI is InChI=1S/C16H24N4O2S/c17-5-2-1-3-13-16(22)20-7-6-19(9-12-4-8-23-11-12)10-14(20)15(21)18-13/h4,8,11,13-14H,1-3,5-7,9-10,17H2,(H,18,21)/t13-,14+/m0/s1. The maximum Gasteiger partial charge on any atom is 0.245 e. The largest absolute Gasteiger partial charge is 0.342 e. The highest BCUT2D eigenvalue weighted by Gasteiger charge is 2.42. The van der Waals surface area contributed by atoms with Gasteiger partial charge in [-0.1, -0.05) is 0 Å². The normalized spacial score (nSPS) is 25.3. The molecule has 3 heterocycles. The van der Waals surface area contributed by atoms with Crippen LogP contribution in [0.5, 0.6) is 0 Å². The van der Waals surface area contributed by atoms with Gasteiger partial charge in [-0.05, 0) is 48.2 Å². The van der Waals surface area contributed by atoms with Gasteiger partial charge in [-0.25, -0.2) is 0 Å². The van der Waals surface area contributed by atoms with Crippen molar-refractivity contribution in [3.05, 3.63) is 22.4 Å². The number of hydrogen-bond acceptors (Lipinski definition) is 5. The fourth-order valence-electron chi connectivity index (χ4n) is 3.33. The Morgan fingerprint density at radius 1 is 1.30 bits per heavy atom. The lowest BCUT2D eigenvalue weighted by molar-refractivity contribution is -0.153. The molecule has 0 aromatic carbocycles. The molecule has 2 aliphatic rings. The maximum atomic E-state index is 12.6. The SMILES string of the molecule is NCCCC[C@@H]1NC(=O)[C@H]2CN(Cc3ccsc3)CCN2C1=O. The maximum absolute atomic E-state index is 12.6. The lowest BCUT2D eigenvalue weighted by atomic mass is 10.00. The number of fused-ring (bicyclic) bond motifs is 1. The smallest absolute Gasteiger partial charge is 0.245 e. The molecule has 2 aliphatic heterocycles. The molecule has 0 saturated carbocycles. The van der Waals surface area contributed by atoms with Gasteiger partial charge in [0, 0.05) is 26.2 Å². The topological polar surface area (TPSA) is 78.7 Å². The van der Waals surface area contributed by atoms with E-state index >= 15 is 0 Å². The summed E-state index contributed by atoms with van der Waals surface area (Å²) >= 11 is 1.68. The van der Waals surface area contributed by atoms with Crippen LogP contribution in [0.1, 0.15) is 24.8 Å². The van der Waals surface area contributed by atoms with Crippen LogP contribution in [0.4, 0.5) is 0 Å². The minimum atomic E-state index is -0.367. The Balaban J connectivity index is 1.59. The molecule has 0 aliphatic carbocycles. The summed E-state index contributed by atoms with van der Waals surface area (Å²) in [6.07, 6.45) is 2.44. The molecular weight excluding hydrogens is 312 g/mol. The van der Waals surface area contributed by atoms with E-state index in [0.29, 0.717) is 26.1 Å². The molecule has 3 rings (SSSR count). The van der Waals surface area contributed by atoms with E-state index < -0.39 is 0 Å². The van der Waals surface area contributed by atoms with Crippen molar-refractivity contribution >= 4 is 23.2 Å². The van der Waals surface area contributed by atoms with Crippen LogP contribution in [-0.4, -0.2) is 59.9 Å². The highest BCUT2D eigenvalue weighted by atomic mass is 32.1. The van der Waals surface area contributed by atoms with Gasteiger partial charge in [0.2, 0.25) is 11.8 Å². The second kappa shape index (κ2) is 7.42. The molecule has 0 spiro atoms. The van der Waals surface area contributed by atoms with Gasteiger partial charge < -0.3 is 16.0 Å². The zero-order chi connectivity index (χ0) is 16.2. The van der Waals surface area contributed by atoms with Crippen LogP contribution >= 0.6 is 11.3 Å². The van der Waals surface area contributed by atoms with Gasteiger partial charge in [0.25, 0.3) is 0 Å². The molecule has 2 atom stereocenters. The number of thiophene rings is 1. The number of hydrogen-bond donors (Lipinski definition) is 2. The van der Waals surface area contributed by atoms with Crippen LogP contribution in [0.3, 0.4) is 0 Å². The number of carbonyl (C=O) groups excluding carboxylic acids is 2. The molecule has 2 fully saturated rings. The molecule has 2 amide bonds. The molecule has 126 valence electrons. The second-order valence-electron chi connectivity index (χ2n) is 6.26. The van der Waals surface area contributed by atoms with Crippen LogP contribution in [0.15, 0.2) is 16.8 Å². The molecule has 0 unspecified atom stereocenters. The van der Waals surface area contributed by atoms with Crippen LogP contribution < -0.4 is 11.1 Å². The summed E-state index contributed by atoms with van der Waals surface area (Å²) in [7, 11) is 0. The molecule has 1 aromatic heterocycles. The molecule has 23 heavy (non-hydrogen) atoms. The third-order valence-corrected chi connectivity index (χ3v) is 5.33. The van der Waals surface area contributed by atoms with Crippen molar-refractivity contribution < 1.29 is 9.59 Å². The van der Waals surface area contributed by atoms with Crippen molar-refractivity contribution in [2.45, 2.75) is 37.9 Å². The van der Waals surface area contributed by atoms with Crippen molar-refractivity contribution in [3.63, 3.8) is 0 Å². The van der Waals surface area contributed by atoms with Crippen LogP contribution in [0, 0.1) is 0 Å². The highest BCUT2D eigenvalue weighted by Crippen LogP contribution is 2.20. The van der Waals surface area contributed by atoms with Crippen molar-refractivity contribution in [3.8, 4) is 0 Å². The third-order valence-electron chi connectivity index (χ3n) is 4.60. The van der Waals surface area contributed by atoms with Gasteiger partial charge in [-0.2, -0.15) is 11.3 Å². The summed E-state index contributed by atoms with van der Waals surface area (Å²) in [5, 5.41) is 7.10. The quantitative estimate of drug-likeness (QED) is 0.737. The van der Waals surface area contributed by atoms with E-state index in [1.54, 1.807) is 16.2 Å². The fourth-order valence-corrected chi connectivity index (χ4v) is 3.99. The van der Waals surface area contributed by atoms with E-state index in [1.165, 1.54) is 5.56 Å². The summed E-state index contributed by atoms with van der Waals surface area (Å²) in [5.74, 6) is 0.0548. The van der Waals surface area contributed by atoms with Crippen molar-refractivity contribution in [2.75, 3.05) is 26.2 Å². The number of amides is 2. The Hall–Kier alpha value is -1.44. The van der Waals surface area contributed by atoms with Crippen molar-refractivity contribution in [1.29, 1.82) is 0 Å². The zero-order valence-electron chi connectivity index (χ0n) is 13.2. The number of unbranched alkanes of at least 4 members (excludes halogenated alkanes) is 1. The highest BCUT2D eigenvalue weighted by molar-refractivity contribution is 7.07. The number of nitrogens with zero attached hydrogens (tertiary/aromatic N) is 2. The summed E-state index contributed by atoms with van der Waals surface area (Å²) < 4.78 is 0. The van der Waals surface area contributed by atoms with Gasteiger partial charge in [-0.15, -0.1) is 0 Å². The van der Waals surface area contributed by atoms with Crippen molar-refractivity contribution in [1.82, 2.24) is 15.1 Å². The Bertz CT molecular complexity index is 548. The minimum Gasteiger partial charge on any atom is -0.342 e. The Morgan fingerprint density at radius 3 is 2.91 bits per heavy atom. The summed E-state index contributed by atoms with van der Waals surface area (Å²) in [5.41, 5.74) is 6.76. The molecule has 6 nitrogen and oxygen atoms in total. The predicted octanol–water partition coefficient (Wildman–Crippen LogP) is 0.388. The first-order valence-corrected chi connectivity index (χ1v) is 9.17. The van der Waals surface area contributed by atoms with Gasteiger partial charge >= 0.3 is 0 Å². The Labute approximate surface area is 140 Å². The first kappa shape index (κ1) is 16.4. The summed E-state index contributed by atoms with van der Waals surface area (Å²) in [4.78, 5) is 29.0. The Morgan fingerprint density at radius 2 is 2.17 bits per heavy atom. The van der Waals surface area contributed by atoms with Crippen LogP contribution in [-0.2, 0) is 16.1 Å². The van der Waals surface area contributed by atoms with Crippen molar-refractivity contribution in [2.24, 2.45) is 5.73 Å². The van der Waals surface area contributed by atoms with E-state index in [4.69, 9.17) is 5.73 Å². The second-order valence-corrected chi connectivity index (χ2v) is 7.04. The van der Waals surface area contributed by atoms with Crippen LogP contribution in [0.25, 0.3) is 0 Å². The first-order chi connectivity index (χ1) is 11.2. The molecule has 1 aromatic rings. The summed E-state index contributed by atoms with van der Waals surface area (Å²) in [6.45, 7) is 3.53. The van der Waals surface area contributed by atoms with E-state index in [1.807, 2.05) is 0 Å². The van der Waals surface area contributed by atoms with E-state index in [0.717, 1.165) is 25.9 Å². The molecule has 7 heteroatoms. The third kappa shape index (κ3) is 3.73. The minimum absolute atomic E-state index is 0.0163. The molecular formula is C16H24N4O2S. The number of carbonyl (C=O) groups is 2. The zero-order valence-corrected chi connectivity index (χ0v) is 14.1. The van der Waals surface area contributed by atoms with E-state index in [9.17, 15) is 9.59 Å². The van der Waals surface area contributed by atoms with Gasteiger partial charge in [-0.3, -0.25) is 14.5 Å². The molecule has 0 radical (unpaired) electrons. The monoisotopic (exact) mass is 336 g/mol. The predicted molar refractivity (Wildman–Crippen MR) is 89.9 cm³/mol. The lowest BCUT2D eigenvalue weighted by Crippen LogP contribution is -2.69. The average Bonchev–Trinajstić information content (AvgIpc) is 3.05. The van der Waals surface area contributed by atoms with Gasteiger partial charge in [0.1, 0.15) is 12.1 Å². The number of piperazine rings is 2. The van der Waals surface area contributed by atoms with E-state index in [-0.39, 0.29) is 23.9 Å². The number of rotatable bonds is 6. The Kier molecular flexibility index (Phi) is 5.30. The van der Waals surface area contributed by atoms with E-state index in [2.05, 4.69) is 27.0 Å². The number of nitrogens with one attached hydrogen (secondary N) is 1.